The fourth-order valence-corrected chi connectivity index (χ4v) is 2.44. The summed E-state index contributed by atoms with van der Waals surface area (Å²) in [6, 6.07) is 9.19. The summed E-state index contributed by atoms with van der Waals surface area (Å²) in [4.78, 5) is 11.4. The smallest absolute Gasteiger partial charge is 0.416 e. The summed E-state index contributed by atoms with van der Waals surface area (Å²) in [7, 11) is 0. The number of hydrogen-bond acceptors (Lipinski definition) is 3. The van der Waals surface area contributed by atoms with E-state index in [1.807, 2.05) is 26.0 Å². The van der Waals surface area contributed by atoms with Gasteiger partial charge in [0.1, 0.15) is 12.4 Å². The van der Waals surface area contributed by atoms with E-state index in [9.17, 15) is 22.4 Å². The number of anilines is 1. The number of carbonyl (C=O) groups excluding carboxylic acids is 1. The predicted octanol–water partition coefficient (Wildman–Crippen LogP) is 5.85. The van der Waals surface area contributed by atoms with Gasteiger partial charge >= 0.3 is 12.7 Å². The van der Waals surface area contributed by atoms with E-state index in [-0.39, 0.29) is 17.9 Å². The van der Waals surface area contributed by atoms with Gasteiger partial charge in [0, 0.05) is 11.1 Å². The van der Waals surface area contributed by atoms with Gasteiger partial charge in [-0.15, -0.1) is 0 Å². The lowest BCUT2D eigenvalue weighted by Gasteiger charge is -2.15. The van der Waals surface area contributed by atoms with Crippen LogP contribution < -0.4 is 10.1 Å². The molecule has 0 saturated heterocycles. The third-order valence-electron chi connectivity index (χ3n) is 3.85. The summed E-state index contributed by atoms with van der Waals surface area (Å²) in [5.74, 6) is 0.589. The molecule has 0 aliphatic heterocycles. The zero-order valence-electron chi connectivity index (χ0n) is 14.8. The third-order valence-corrected chi connectivity index (χ3v) is 3.85. The summed E-state index contributed by atoms with van der Waals surface area (Å²) < 4.78 is 59.5. The van der Waals surface area contributed by atoms with Crippen LogP contribution in [-0.2, 0) is 17.8 Å². The number of alkyl halides is 4. The van der Waals surface area contributed by atoms with E-state index < -0.39 is 19.1 Å². The Labute approximate surface area is 154 Å². The van der Waals surface area contributed by atoms with Crippen LogP contribution in [0.3, 0.4) is 0 Å². The average Bonchev–Trinajstić information content (AvgIpc) is 2.60. The molecule has 2 rings (SSSR count). The molecule has 27 heavy (non-hydrogen) atoms. The maximum absolute atomic E-state index is 12.9. The Balaban J connectivity index is 2.20. The second-order valence-corrected chi connectivity index (χ2v) is 5.75. The van der Waals surface area contributed by atoms with Crippen molar-refractivity contribution in [2.24, 2.45) is 0 Å². The molecule has 0 fully saturated rings. The molecule has 0 aliphatic carbocycles. The monoisotopic (exact) mass is 385 g/mol. The molecule has 0 saturated carbocycles. The molecule has 8 heteroatoms. The molecule has 0 unspecified atom stereocenters. The van der Waals surface area contributed by atoms with Crippen LogP contribution in [0.15, 0.2) is 36.4 Å². The van der Waals surface area contributed by atoms with E-state index in [2.05, 4.69) is 10.1 Å². The first-order valence-electron chi connectivity index (χ1n) is 8.19. The average molecular weight is 385 g/mol. The number of ether oxygens (including phenoxy) is 2. The Morgan fingerprint density at radius 3 is 2.44 bits per heavy atom. The minimum Gasteiger partial charge on any atom is -0.489 e. The van der Waals surface area contributed by atoms with Crippen molar-refractivity contribution >= 4 is 11.8 Å². The summed E-state index contributed by atoms with van der Waals surface area (Å²) in [6.07, 6.45) is -3.35. The van der Waals surface area contributed by atoms with Crippen molar-refractivity contribution in [3.63, 3.8) is 0 Å². The second kappa shape index (κ2) is 9.25. The zero-order chi connectivity index (χ0) is 20.0. The van der Waals surface area contributed by atoms with Crippen molar-refractivity contribution < 1.29 is 31.8 Å². The molecule has 0 atom stereocenters. The molecule has 2 aromatic carbocycles. The normalized spacial score (nSPS) is 11.0. The Morgan fingerprint density at radius 1 is 1.11 bits per heavy atom. The molecule has 2 aromatic rings. The van der Waals surface area contributed by atoms with Gasteiger partial charge in [0.2, 0.25) is 0 Å². The van der Waals surface area contributed by atoms with Gasteiger partial charge in [-0.3, -0.25) is 5.32 Å². The quantitative estimate of drug-likeness (QED) is 0.609. The summed E-state index contributed by atoms with van der Waals surface area (Å²) in [6.45, 7) is 0.520. The fraction of sp³-hybridized carbons (Fsp3) is 0.316. The van der Waals surface area contributed by atoms with Gasteiger partial charge in [-0.25, -0.2) is 13.6 Å². The third kappa shape index (κ3) is 5.87. The SMILES string of the molecule is CCc1ccc(OCc2ccc(C(F)F)cc2NC(=O)OC(F)F)c(C)c1. The summed E-state index contributed by atoms with van der Waals surface area (Å²) in [5.41, 5.74) is 1.92. The van der Waals surface area contributed by atoms with Crippen LogP contribution in [0.1, 0.15) is 35.6 Å². The van der Waals surface area contributed by atoms with Gasteiger partial charge in [0.25, 0.3) is 6.43 Å². The van der Waals surface area contributed by atoms with E-state index in [4.69, 9.17) is 4.74 Å². The molecule has 0 heterocycles. The Morgan fingerprint density at radius 2 is 1.85 bits per heavy atom. The number of halogens is 4. The van der Waals surface area contributed by atoms with Crippen molar-refractivity contribution in [3.05, 3.63) is 58.7 Å². The number of hydrogen-bond donors (Lipinski definition) is 1. The minimum absolute atomic E-state index is 0.0554. The molecule has 0 aliphatic rings. The molecule has 146 valence electrons. The number of carbonyl (C=O) groups is 1. The second-order valence-electron chi connectivity index (χ2n) is 5.75. The molecule has 0 bridgehead atoms. The van der Waals surface area contributed by atoms with Crippen LogP contribution in [0, 0.1) is 6.92 Å². The van der Waals surface area contributed by atoms with Crippen LogP contribution >= 0.6 is 0 Å². The minimum atomic E-state index is -3.32. The molecule has 1 amide bonds. The van der Waals surface area contributed by atoms with E-state index in [0.717, 1.165) is 23.6 Å². The number of amides is 1. The van der Waals surface area contributed by atoms with Crippen LogP contribution in [0.5, 0.6) is 5.75 Å². The van der Waals surface area contributed by atoms with E-state index in [1.54, 1.807) is 6.07 Å². The highest BCUT2D eigenvalue weighted by Crippen LogP contribution is 2.27. The number of rotatable bonds is 7. The van der Waals surface area contributed by atoms with E-state index in [1.165, 1.54) is 12.1 Å². The lowest BCUT2D eigenvalue weighted by atomic mass is 10.1. The van der Waals surface area contributed by atoms with Gasteiger partial charge in [0.15, 0.2) is 0 Å². The van der Waals surface area contributed by atoms with Crippen molar-refractivity contribution in [2.45, 2.75) is 39.9 Å². The van der Waals surface area contributed by atoms with Crippen molar-refractivity contribution in [1.82, 2.24) is 0 Å². The molecular weight excluding hydrogens is 366 g/mol. The number of aryl methyl sites for hydroxylation is 2. The lowest BCUT2D eigenvalue weighted by Crippen LogP contribution is -2.18. The van der Waals surface area contributed by atoms with Crippen LogP contribution in [0.4, 0.5) is 28.0 Å². The van der Waals surface area contributed by atoms with Crippen LogP contribution in [-0.4, -0.2) is 12.7 Å². The predicted molar refractivity (Wildman–Crippen MR) is 92.4 cm³/mol. The van der Waals surface area contributed by atoms with Crippen LogP contribution in [0.2, 0.25) is 0 Å². The van der Waals surface area contributed by atoms with Crippen molar-refractivity contribution in [1.29, 1.82) is 0 Å². The maximum atomic E-state index is 12.9. The summed E-state index contributed by atoms with van der Waals surface area (Å²) >= 11 is 0. The van der Waals surface area contributed by atoms with Crippen molar-refractivity contribution in [2.75, 3.05) is 5.32 Å². The zero-order valence-corrected chi connectivity index (χ0v) is 14.8. The van der Waals surface area contributed by atoms with Gasteiger partial charge in [-0.1, -0.05) is 31.2 Å². The largest absolute Gasteiger partial charge is 0.489 e. The first-order chi connectivity index (χ1) is 12.8. The highest BCUT2D eigenvalue weighted by atomic mass is 19.3. The van der Waals surface area contributed by atoms with Gasteiger partial charge in [0.05, 0.1) is 5.69 Å². The highest BCUT2D eigenvalue weighted by molar-refractivity contribution is 5.85. The molecule has 0 radical (unpaired) electrons. The maximum Gasteiger partial charge on any atom is 0.416 e. The Kier molecular flexibility index (Phi) is 7.04. The fourth-order valence-electron chi connectivity index (χ4n) is 2.44. The van der Waals surface area contributed by atoms with Gasteiger partial charge in [-0.2, -0.15) is 8.78 Å². The standard InChI is InChI=1S/C19H19F4NO3/c1-3-12-4-7-16(11(2)8-12)26-10-14-6-5-13(17(20)21)9-15(14)24-19(25)27-18(22)23/h4-9,17-18H,3,10H2,1-2H3,(H,24,25). The lowest BCUT2D eigenvalue weighted by molar-refractivity contribution is -0.0766. The van der Waals surface area contributed by atoms with Crippen molar-refractivity contribution in [3.8, 4) is 5.75 Å². The number of benzene rings is 2. The van der Waals surface area contributed by atoms with E-state index >= 15 is 0 Å². The molecular formula is C19H19F4NO3. The van der Waals surface area contributed by atoms with Gasteiger partial charge < -0.3 is 9.47 Å². The summed E-state index contributed by atoms with van der Waals surface area (Å²) in [5, 5.41) is 2.05. The van der Waals surface area contributed by atoms with Crippen LogP contribution in [0.25, 0.3) is 0 Å². The molecule has 1 N–H and O–H groups in total. The Bertz CT molecular complexity index is 797. The first-order valence-corrected chi connectivity index (χ1v) is 8.19. The molecule has 4 nitrogen and oxygen atoms in total. The molecule has 0 aromatic heterocycles. The molecule has 0 spiro atoms. The number of nitrogens with one attached hydrogen (secondary N) is 1. The first kappa shape index (κ1) is 20.5. The van der Waals surface area contributed by atoms with E-state index in [0.29, 0.717) is 11.3 Å². The Hall–Kier alpha value is -2.77. The highest BCUT2D eigenvalue weighted by Gasteiger charge is 2.16. The van der Waals surface area contributed by atoms with Gasteiger partial charge in [-0.05, 0) is 36.6 Å². The topological polar surface area (TPSA) is 47.6 Å².